The van der Waals surface area contributed by atoms with Crippen LogP contribution < -0.4 is 10.3 Å². The molecule has 1 aliphatic carbocycles. The van der Waals surface area contributed by atoms with Crippen LogP contribution in [0.5, 0.6) is 5.75 Å². The Hall–Kier alpha value is -1.78. The number of H-pyrrole nitrogens is 1. The Morgan fingerprint density at radius 1 is 1.13 bits per heavy atom. The Balaban J connectivity index is 1.29. The summed E-state index contributed by atoms with van der Waals surface area (Å²) in [5, 5.41) is 0.582. The molecule has 1 aromatic heterocycles. The first kappa shape index (κ1) is 22.4. The van der Waals surface area contributed by atoms with E-state index in [0.717, 1.165) is 49.8 Å². The number of aromatic nitrogens is 1. The smallest absolute Gasteiger partial charge is 0.252 e. The highest BCUT2D eigenvalue weighted by Gasteiger charge is 2.25. The number of para-hydroxylation sites is 1. The summed E-state index contributed by atoms with van der Waals surface area (Å²) in [4.78, 5) is 17.1. The number of ether oxygens (including phenoxy) is 1. The van der Waals surface area contributed by atoms with Crippen LogP contribution in [-0.4, -0.2) is 29.6 Å². The third-order valence-corrected chi connectivity index (χ3v) is 7.51. The Labute approximate surface area is 191 Å². The molecular formula is C26H35ClN2O2. The van der Waals surface area contributed by atoms with Gasteiger partial charge >= 0.3 is 0 Å². The molecule has 1 aromatic carbocycles. The molecule has 2 heterocycles. The van der Waals surface area contributed by atoms with E-state index in [4.69, 9.17) is 16.3 Å². The lowest BCUT2D eigenvalue weighted by Gasteiger charge is -2.32. The molecule has 1 aliphatic heterocycles. The van der Waals surface area contributed by atoms with Gasteiger partial charge in [0.1, 0.15) is 5.75 Å². The highest BCUT2D eigenvalue weighted by atomic mass is 35.5. The number of hydrogen-bond acceptors (Lipinski definition) is 3. The normalized spacial score (nSPS) is 19.9. The maximum Gasteiger partial charge on any atom is 0.252 e. The molecule has 1 atom stereocenters. The molecule has 4 rings (SSSR count). The molecule has 5 heteroatoms. The van der Waals surface area contributed by atoms with Crippen LogP contribution in [0.3, 0.4) is 0 Å². The molecule has 0 spiro atoms. The van der Waals surface area contributed by atoms with Crippen molar-refractivity contribution in [2.24, 2.45) is 11.8 Å². The van der Waals surface area contributed by atoms with Crippen molar-refractivity contribution in [3.63, 3.8) is 0 Å². The number of nitrogens with one attached hydrogen (secondary N) is 1. The fraction of sp³-hybridized carbons (Fsp3) is 0.577. The summed E-state index contributed by atoms with van der Waals surface area (Å²) in [6, 6.07) is 10.4. The van der Waals surface area contributed by atoms with Crippen molar-refractivity contribution in [2.75, 3.05) is 19.7 Å². The summed E-state index contributed by atoms with van der Waals surface area (Å²) in [6.45, 7) is 5.79. The van der Waals surface area contributed by atoms with Crippen LogP contribution in [0, 0.1) is 11.8 Å². The Morgan fingerprint density at radius 3 is 2.65 bits per heavy atom. The molecule has 1 saturated heterocycles. The number of pyridine rings is 1. The van der Waals surface area contributed by atoms with Gasteiger partial charge in [-0.05, 0) is 74.2 Å². The van der Waals surface area contributed by atoms with Gasteiger partial charge in [0.25, 0.3) is 5.56 Å². The number of halogens is 1. The van der Waals surface area contributed by atoms with E-state index < -0.39 is 0 Å². The Morgan fingerprint density at radius 2 is 1.87 bits per heavy atom. The zero-order valence-corrected chi connectivity index (χ0v) is 19.4. The molecule has 0 bridgehead atoms. The van der Waals surface area contributed by atoms with E-state index >= 15 is 0 Å². The first-order valence-corrected chi connectivity index (χ1v) is 12.3. The summed E-state index contributed by atoms with van der Waals surface area (Å²) < 4.78 is 6.39. The van der Waals surface area contributed by atoms with Gasteiger partial charge in [0.2, 0.25) is 0 Å². The number of benzene rings is 1. The Bertz CT molecular complexity index is 898. The van der Waals surface area contributed by atoms with Crippen LogP contribution in [0.4, 0.5) is 0 Å². The molecule has 2 fully saturated rings. The third kappa shape index (κ3) is 5.93. The number of likely N-dealkylation sites (tertiary alicyclic amines) is 1. The second-order valence-corrected chi connectivity index (χ2v) is 9.86. The van der Waals surface area contributed by atoms with Crippen LogP contribution >= 0.6 is 11.6 Å². The van der Waals surface area contributed by atoms with E-state index in [0.29, 0.717) is 23.4 Å². The molecule has 2 aliphatic rings. The van der Waals surface area contributed by atoms with Gasteiger partial charge in [-0.3, -0.25) is 9.69 Å². The quantitative estimate of drug-likeness (QED) is 0.571. The summed E-state index contributed by atoms with van der Waals surface area (Å²) >= 11 is 6.04. The highest BCUT2D eigenvalue weighted by molar-refractivity contribution is 6.30. The van der Waals surface area contributed by atoms with Gasteiger partial charge in [0.15, 0.2) is 0 Å². The van der Waals surface area contributed by atoms with Crippen molar-refractivity contribution >= 4 is 11.6 Å². The lowest BCUT2D eigenvalue weighted by Crippen LogP contribution is -2.36. The predicted molar refractivity (Wildman–Crippen MR) is 127 cm³/mol. The van der Waals surface area contributed by atoms with E-state index in [1.54, 1.807) is 12.3 Å². The average molecular weight is 443 g/mol. The number of hydrogen-bond donors (Lipinski definition) is 1. The van der Waals surface area contributed by atoms with Crippen molar-refractivity contribution in [2.45, 2.75) is 64.3 Å². The second-order valence-electron chi connectivity index (χ2n) is 9.43. The molecule has 2 aromatic rings. The fourth-order valence-corrected chi connectivity index (χ4v) is 5.44. The van der Waals surface area contributed by atoms with Crippen LogP contribution in [0.15, 0.2) is 41.3 Å². The first-order valence-electron chi connectivity index (χ1n) is 11.9. The maximum absolute atomic E-state index is 12.0. The second kappa shape index (κ2) is 10.7. The van der Waals surface area contributed by atoms with Gasteiger partial charge in [0.05, 0.1) is 11.6 Å². The van der Waals surface area contributed by atoms with E-state index in [2.05, 4.69) is 41.1 Å². The SMILES string of the molecule is CC(c1ccccc1OCC1CCN(Cc2cc(Cl)c[nH]c2=O)CC1)C1CCCCC1. The first-order chi connectivity index (χ1) is 15.1. The summed E-state index contributed by atoms with van der Waals surface area (Å²) in [6.07, 6.45) is 10.6. The van der Waals surface area contributed by atoms with Gasteiger partial charge in [-0.15, -0.1) is 0 Å². The monoisotopic (exact) mass is 442 g/mol. The molecular weight excluding hydrogens is 408 g/mol. The minimum absolute atomic E-state index is 0.0430. The van der Waals surface area contributed by atoms with Crippen LogP contribution in [0.25, 0.3) is 0 Å². The summed E-state index contributed by atoms with van der Waals surface area (Å²) in [5.41, 5.74) is 2.08. The standard InChI is InChI=1S/C26H35ClN2O2/c1-19(21-7-3-2-4-8-21)24-9-5-6-10-25(24)31-18-20-11-13-29(14-12-20)17-22-15-23(27)16-28-26(22)30/h5-6,9-10,15-16,19-21H,2-4,7-8,11-14,17-18H2,1H3,(H,28,30). The average Bonchev–Trinajstić information content (AvgIpc) is 2.81. The van der Waals surface area contributed by atoms with E-state index in [1.165, 1.54) is 37.7 Å². The number of piperidine rings is 1. The number of aromatic amines is 1. The largest absolute Gasteiger partial charge is 0.493 e. The minimum atomic E-state index is -0.0430. The number of rotatable bonds is 7. The highest BCUT2D eigenvalue weighted by Crippen LogP contribution is 2.39. The maximum atomic E-state index is 12.0. The van der Waals surface area contributed by atoms with Crippen LogP contribution in [0.1, 0.15) is 68.9 Å². The third-order valence-electron chi connectivity index (χ3n) is 7.29. The van der Waals surface area contributed by atoms with Crippen molar-refractivity contribution in [1.82, 2.24) is 9.88 Å². The van der Waals surface area contributed by atoms with E-state index in [9.17, 15) is 4.79 Å². The zero-order valence-electron chi connectivity index (χ0n) is 18.6. The van der Waals surface area contributed by atoms with Gasteiger partial charge in [-0.2, -0.15) is 0 Å². The molecule has 1 unspecified atom stereocenters. The van der Waals surface area contributed by atoms with E-state index in [-0.39, 0.29) is 5.56 Å². The van der Waals surface area contributed by atoms with Crippen molar-refractivity contribution in [1.29, 1.82) is 0 Å². The van der Waals surface area contributed by atoms with Gasteiger partial charge in [-0.25, -0.2) is 0 Å². The fourth-order valence-electron chi connectivity index (χ4n) is 5.25. The van der Waals surface area contributed by atoms with Crippen molar-refractivity contribution in [3.05, 3.63) is 63.0 Å². The van der Waals surface area contributed by atoms with Crippen LogP contribution in [0.2, 0.25) is 5.02 Å². The predicted octanol–water partition coefficient (Wildman–Crippen LogP) is 6.00. The molecule has 168 valence electrons. The molecule has 0 amide bonds. The molecule has 1 N–H and O–H groups in total. The lowest BCUT2D eigenvalue weighted by atomic mass is 9.77. The zero-order chi connectivity index (χ0) is 21.6. The molecule has 1 saturated carbocycles. The van der Waals surface area contributed by atoms with Crippen LogP contribution in [-0.2, 0) is 6.54 Å². The minimum Gasteiger partial charge on any atom is -0.493 e. The van der Waals surface area contributed by atoms with Crippen molar-refractivity contribution in [3.8, 4) is 5.75 Å². The summed E-state index contributed by atoms with van der Waals surface area (Å²) in [7, 11) is 0. The lowest BCUT2D eigenvalue weighted by molar-refractivity contribution is 0.135. The molecule has 4 nitrogen and oxygen atoms in total. The van der Waals surface area contributed by atoms with Crippen molar-refractivity contribution < 1.29 is 4.74 Å². The number of nitrogens with zero attached hydrogens (tertiary/aromatic N) is 1. The van der Waals surface area contributed by atoms with Gasteiger partial charge in [-0.1, -0.05) is 56.0 Å². The molecule has 0 radical (unpaired) electrons. The van der Waals surface area contributed by atoms with Gasteiger partial charge in [0, 0.05) is 18.3 Å². The summed E-state index contributed by atoms with van der Waals surface area (Å²) in [5.74, 6) is 2.99. The van der Waals surface area contributed by atoms with E-state index in [1.807, 2.05) is 0 Å². The topological polar surface area (TPSA) is 45.3 Å². The molecule has 31 heavy (non-hydrogen) atoms. The Kier molecular flexibility index (Phi) is 7.73. The van der Waals surface area contributed by atoms with Gasteiger partial charge < -0.3 is 9.72 Å².